The molecule has 0 fully saturated rings. The number of nitro benzene ring substituents is 1. The summed E-state index contributed by atoms with van der Waals surface area (Å²) in [4.78, 5) is 38.7. The van der Waals surface area contributed by atoms with Crippen LogP contribution in [0.5, 0.6) is 11.5 Å². The molecule has 10 heteroatoms. The maximum Gasteiger partial charge on any atom is 0.338 e. The number of benzene rings is 2. The third-order valence-electron chi connectivity index (χ3n) is 6.14. The summed E-state index contributed by atoms with van der Waals surface area (Å²) in [5.74, 6) is -1.53. The predicted molar refractivity (Wildman–Crippen MR) is 127 cm³/mol. The number of ketones is 1. The number of aromatic hydroxyl groups is 1. The molecule has 0 aromatic heterocycles. The molecule has 4 rings (SSSR count). The second-order valence-corrected chi connectivity index (χ2v) is 8.13. The lowest BCUT2D eigenvalue weighted by atomic mass is 9.75. The Hall–Kier alpha value is -4.34. The molecule has 0 saturated heterocycles. The van der Waals surface area contributed by atoms with Gasteiger partial charge in [-0.1, -0.05) is 6.07 Å². The van der Waals surface area contributed by atoms with Gasteiger partial charge in [-0.15, -0.1) is 0 Å². The number of allylic oxidation sites excluding steroid dienone is 2. The van der Waals surface area contributed by atoms with Crippen LogP contribution < -0.4 is 15.4 Å². The molecular formula is C25H25N3O7. The fourth-order valence-corrected chi connectivity index (χ4v) is 4.63. The lowest BCUT2D eigenvalue weighted by Gasteiger charge is -2.40. The third kappa shape index (κ3) is 4.18. The molecule has 0 amide bonds. The number of ether oxygens (including phenoxy) is 2. The number of Topliss-reactive ketones (excluding diaryl/α,β-unsaturated/α-hetero) is 1. The van der Waals surface area contributed by atoms with Crippen molar-refractivity contribution >= 4 is 23.1 Å². The molecule has 0 unspecified atom stereocenters. The van der Waals surface area contributed by atoms with E-state index in [0.717, 1.165) is 0 Å². The standard InChI is InChI=1S/C25H25N3O7/c1-3-35-25(31)23-21(14-7-12-20(34-2)19(30)13-14)22-17(5-4-6-18(22)29)27(24(23)26)15-8-10-16(11-9-15)28(32)33/h7-13,21,30H,3-6,26H2,1-2H3/t21-/m1/s1. The van der Waals surface area contributed by atoms with Gasteiger partial charge in [0.1, 0.15) is 5.82 Å². The van der Waals surface area contributed by atoms with Crippen LogP contribution in [0.3, 0.4) is 0 Å². The number of carbonyl (C=O) groups is 2. The smallest absolute Gasteiger partial charge is 0.338 e. The van der Waals surface area contributed by atoms with Crippen LogP contribution >= 0.6 is 0 Å². The van der Waals surface area contributed by atoms with Crippen LogP contribution in [0.25, 0.3) is 0 Å². The summed E-state index contributed by atoms with van der Waals surface area (Å²) in [6, 6.07) is 10.4. The van der Waals surface area contributed by atoms with Gasteiger partial charge >= 0.3 is 5.97 Å². The van der Waals surface area contributed by atoms with Crippen LogP contribution in [0.1, 0.15) is 37.7 Å². The Balaban J connectivity index is 1.96. The number of nitrogens with two attached hydrogens (primary N) is 1. The highest BCUT2D eigenvalue weighted by atomic mass is 16.6. The topological polar surface area (TPSA) is 145 Å². The van der Waals surface area contributed by atoms with E-state index in [1.165, 1.54) is 37.4 Å². The first-order valence-electron chi connectivity index (χ1n) is 11.1. The highest BCUT2D eigenvalue weighted by Crippen LogP contribution is 2.48. The highest BCUT2D eigenvalue weighted by molar-refractivity contribution is 6.05. The molecule has 0 bridgehead atoms. The number of nitro groups is 1. The van der Waals surface area contributed by atoms with Crippen molar-refractivity contribution in [1.29, 1.82) is 0 Å². The zero-order valence-corrected chi connectivity index (χ0v) is 19.3. The number of phenols is 1. The fourth-order valence-electron chi connectivity index (χ4n) is 4.63. The summed E-state index contributed by atoms with van der Waals surface area (Å²) in [6.45, 7) is 1.75. The van der Waals surface area contributed by atoms with Crippen molar-refractivity contribution in [2.75, 3.05) is 18.6 Å². The summed E-state index contributed by atoms with van der Waals surface area (Å²) < 4.78 is 10.5. The molecule has 2 aromatic carbocycles. The van der Waals surface area contributed by atoms with Gasteiger partial charge < -0.3 is 20.3 Å². The second kappa shape index (κ2) is 9.49. The average molecular weight is 479 g/mol. The number of anilines is 1. The third-order valence-corrected chi connectivity index (χ3v) is 6.14. The Morgan fingerprint density at radius 2 is 1.94 bits per heavy atom. The van der Waals surface area contributed by atoms with E-state index in [1.54, 1.807) is 24.0 Å². The molecule has 1 atom stereocenters. The Kier molecular flexibility index (Phi) is 6.46. The van der Waals surface area contributed by atoms with Crippen LogP contribution in [-0.2, 0) is 14.3 Å². The molecule has 35 heavy (non-hydrogen) atoms. The molecule has 0 spiro atoms. The molecule has 1 aliphatic carbocycles. The SMILES string of the molecule is CCOC(=O)C1=C(N)N(c2ccc([N+](=O)[O-])cc2)C2=C(C(=O)CCC2)[C@H]1c1ccc(OC)c(O)c1. The molecule has 3 N–H and O–H groups in total. The van der Waals surface area contributed by atoms with Gasteiger partial charge in [0.15, 0.2) is 17.3 Å². The van der Waals surface area contributed by atoms with E-state index < -0.39 is 16.8 Å². The molecule has 1 heterocycles. The molecule has 10 nitrogen and oxygen atoms in total. The Labute approximate surface area is 201 Å². The lowest BCUT2D eigenvalue weighted by molar-refractivity contribution is -0.384. The summed E-state index contributed by atoms with van der Waals surface area (Å²) in [7, 11) is 1.42. The van der Waals surface area contributed by atoms with Crippen molar-refractivity contribution in [2.24, 2.45) is 5.73 Å². The van der Waals surface area contributed by atoms with E-state index in [4.69, 9.17) is 15.2 Å². The van der Waals surface area contributed by atoms with Crippen LogP contribution in [0.15, 0.2) is 65.1 Å². The first-order valence-corrected chi connectivity index (χ1v) is 11.1. The number of hydrogen-bond acceptors (Lipinski definition) is 9. The van der Waals surface area contributed by atoms with Crippen molar-refractivity contribution in [1.82, 2.24) is 0 Å². The van der Waals surface area contributed by atoms with Gasteiger partial charge in [-0.3, -0.25) is 19.8 Å². The van der Waals surface area contributed by atoms with Gasteiger partial charge in [-0.25, -0.2) is 4.79 Å². The van der Waals surface area contributed by atoms with Crippen molar-refractivity contribution in [3.8, 4) is 11.5 Å². The Bertz CT molecular complexity index is 1260. The number of esters is 1. The normalized spacial score (nSPS) is 17.8. The minimum Gasteiger partial charge on any atom is -0.504 e. The molecule has 2 aliphatic rings. The van der Waals surface area contributed by atoms with Gasteiger partial charge in [-0.05, 0) is 49.6 Å². The van der Waals surface area contributed by atoms with E-state index in [1.807, 2.05) is 0 Å². The summed E-state index contributed by atoms with van der Waals surface area (Å²) in [5, 5.41) is 21.5. The first kappa shape index (κ1) is 23.8. The molecule has 0 saturated carbocycles. The maximum atomic E-state index is 13.3. The largest absolute Gasteiger partial charge is 0.504 e. The monoisotopic (exact) mass is 479 g/mol. The Morgan fingerprint density at radius 3 is 2.54 bits per heavy atom. The van der Waals surface area contributed by atoms with E-state index in [2.05, 4.69) is 0 Å². The van der Waals surface area contributed by atoms with E-state index in [9.17, 15) is 24.8 Å². The maximum absolute atomic E-state index is 13.3. The Morgan fingerprint density at radius 1 is 1.23 bits per heavy atom. The molecule has 2 aromatic rings. The lowest BCUT2D eigenvalue weighted by Crippen LogP contribution is -2.41. The number of phenolic OH excluding ortho intramolecular Hbond substituents is 1. The quantitative estimate of drug-likeness (QED) is 0.360. The molecule has 1 aliphatic heterocycles. The minimum atomic E-state index is -0.858. The van der Waals surface area contributed by atoms with Crippen LogP contribution in [-0.4, -0.2) is 35.5 Å². The van der Waals surface area contributed by atoms with E-state index in [0.29, 0.717) is 41.8 Å². The summed E-state index contributed by atoms with van der Waals surface area (Å²) >= 11 is 0. The number of nitrogens with zero attached hydrogens (tertiary/aromatic N) is 2. The fraction of sp³-hybridized carbons (Fsp3) is 0.280. The van der Waals surface area contributed by atoms with Gasteiger partial charge in [0, 0.05) is 35.5 Å². The van der Waals surface area contributed by atoms with E-state index >= 15 is 0 Å². The molecule has 0 radical (unpaired) electrons. The number of carbonyl (C=O) groups excluding carboxylic acids is 2. The van der Waals surface area contributed by atoms with Crippen LogP contribution in [0.4, 0.5) is 11.4 Å². The van der Waals surface area contributed by atoms with Gasteiger partial charge in [-0.2, -0.15) is 0 Å². The number of non-ortho nitro benzene ring substituents is 1. The minimum absolute atomic E-state index is 0.0590. The first-order chi connectivity index (χ1) is 16.8. The second-order valence-electron chi connectivity index (χ2n) is 8.13. The predicted octanol–water partition coefficient (Wildman–Crippen LogP) is 3.65. The molecular weight excluding hydrogens is 454 g/mol. The summed E-state index contributed by atoms with van der Waals surface area (Å²) in [5.41, 5.74) is 8.52. The van der Waals surface area contributed by atoms with Gasteiger partial charge in [0.25, 0.3) is 5.69 Å². The number of rotatable bonds is 6. The zero-order chi connectivity index (χ0) is 25.3. The van der Waals surface area contributed by atoms with Crippen molar-refractivity contribution in [3.63, 3.8) is 0 Å². The van der Waals surface area contributed by atoms with Gasteiger partial charge in [0.2, 0.25) is 0 Å². The summed E-state index contributed by atoms with van der Waals surface area (Å²) in [6.07, 6.45) is 1.39. The average Bonchev–Trinajstić information content (AvgIpc) is 2.83. The number of hydrogen-bond donors (Lipinski definition) is 2. The van der Waals surface area contributed by atoms with E-state index in [-0.39, 0.29) is 41.0 Å². The molecule has 182 valence electrons. The van der Waals surface area contributed by atoms with Crippen molar-refractivity contribution < 1.29 is 29.1 Å². The van der Waals surface area contributed by atoms with Crippen molar-refractivity contribution in [3.05, 3.63) is 80.8 Å². The highest BCUT2D eigenvalue weighted by Gasteiger charge is 2.43. The zero-order valence-electron chi connectivity index (χ0n) is 19.3. The van der Waals surface area contributed by atoms with Gasteiger partial charge in [0.05, 0.1) is 30.1 Å². The van der Waals surface area contributed by atoms with Crippen molar-refractivity contribution in [2.45, 2.75) is 32.1 Å². The van der Waals surface area contributed by atoms with Crippen LogP contribution in [0, 0.1) is 10.1 Å². The number of methoxy groups -OCH3 is 1. The van der Waals surface area contributed by atoms with Crippen LogP contribution in [0.2, 0.25) is 0 Å².